The largest absolute Gasteiger partial charge is 0.469 e. The van der Waals surface area contributed by atoms with Crippen molar-refractivity contribution < 1.29 is 24.2 Å². The first-order chi connectivity index (χ1) is 8.36. The molecule has 1 fully saturated rings. The van der Waals surface area contributed by atoms with Crippen molar-refractivity contribution in [3.8, 4) is 0 Å². The molecule has 6 nitrogen and oxygen atoms in total. The van der Waals surface area contributed by atoms with Gasteiger partial charge < -0.3 is 14.6 Å². The van der Waals surface area contributed by atoms with E-state index >= 15 is 0 Å². The lowest BCUT2D eigenvalue weighted by molar-refractivity contribution is -0.173. The molecule has 1 N–H and O–H groups in total. The number of ether oxygens (including phenoxy) is 2. The van der Waals surface area contributed by atoms with E-state index in [1.165, 1.54) is 14.2 Å². The van der Waals surface area contributed by atoms with Gasteiger partial charge in [-0.25, -0.2) is 0 Å². The SMILES string of the molecule is COC(=O)[C@H]1C(O)[C@H](C(=O)OC)[C@H](C)N(C)[C@@H]1C. The Balaban J connectivity index is 3.07. The minimum absolute atomic E-state index is 0.205. The number of rotatable bonds is 2. The molecule has 1 rings (SSSR count). The van der Waals surface area contributed by atoms with Gasteiger partial charge in [0.2, 0.25) is 0 Å². The fourth-order valence-electron chi connectivity index (χ4n) is 2.62. The molecule has 0 aromatic carbocycles. The molecule has 1 saturated heterocycles. The van der Waals surface area contributed by atoms with Crippen LogP contribution in [-0.2, 0) is 19.1 Å². The molecular weight excluding hydrogens is 238 g/mol. The van der Waals surface area contributed by atoms with E-state index in [4.69, 9.17) is 9.47 Å². The van der Waals surface area contributed by atoms with Gasteiger partial charge in [-0.15, -0.1) is 0 Å². The summed E-state index contributed by atoms with van der Waals surface area (Å²) in [7, 11) is 4.35. The van der Waals surface area contributed by atoms with Crippen molar-refractivity contribution in [1.29, 1.82) is 0 Å². The van der Waals surface area contributed by atoms with E-state index in [1.807, 2.05) is 25.8 Å². The van der Waals surface area contributed by atoms with E-state index in [-0.39, 0.29) is 12.1 Å². The van der Waals surface area contributed by atoms with Crippen LogP contribution in [0.1, 0.15) is 13.8 Å². The maximum atomic E-state index is 11.7. The first-order valence-electron chi connectivity index (χ1n) is 5.92. The van der Waals surface area contributed by atoms with E-state index in [2.05, 4.69) is 0 Å². The molecule has 18 heavy (non-hydrogen) atoms. The van der Waals surface area contributed by atoms with Crippen LogP contribution in [0.3, 0.4) is 0 Å². The Morgan fingerprint density at radius 1 is 1.00 bits per heavy atom. The predicted molar refractivity (Wildman–Crippen MR) is 63.7 cm³/mol. The monoisotopic (exact) mass is 259 g/mol. The second-order valence-electron chi connectivity index (χ2n) is 4.74. The quantitative estimate of drug-likeness (QED) is 0.683. The lowest BCUT2D eigenvalue weighted by Gasteiger charge is -2.46. The number of aliphatic hydroxyl groups excluding tert-OH is 1. The van der Waals surface area contributed by atoms with Crippen molar-refractivity contribution in [2.75, 3.05) is 21.3 Å². The number of nitrogens with zero attached hydrogens (tertiary/aromatic N) is 1. The van der Waals surface area contributed by atoms with Crippen LogP contribution in [0.15, 0.2) is 0 Å². The summed E-state index contributed by atoms with van der Waals surface area (Å²) in [5.41, 5.74) is 0. The molecule has 0 saturated carbocycles. The van der Waals surface area contributed by atoms with E-state index < -0.39 is 29.9 Å². The lowest BCUT2D eigenvalue weighted by atomic mass is 9.77. The Morgan fingerprint density at radius 3 is 1.61 bits per heavy atom. The fraction of sp³-hybridized carbons (Fsp3) is 0.833. The van der Waals surface area contributed by atoms with Crippen molar-refractivity contribution >= 4 is 11.9 Å². The first kappa shape index (κ1) is 14.9. The molecular formula is C12H21NO5. The van der Waals surface area contributed by atoms with Crippen LogP contribution in [-0.4, -0.2) is 61.4 Å². The van der Waals surface area contributed by atoms with Crippen LogP contribution in [0.5, 0.6) is 0 Å². The van der Waals surface area contributed by atoms with Gasteiger partial charge in [0.05, 0.1) is 32.2 Å². The number of methoxy groups -OCH3 is 2. The summed E-state index contributed by atoms with van der Waals surface area (Å²) < 4.78 is 9.40. The summed E-state index contributed by atoms with van der Waals surface area (Å²) in [6.45, 7) is 3.66. The number of aliphatic hydroxyl groups is 1. The summed E-state index contributed by atoms with van der Waals surface area (Å²) in [6.07, 6.45) is -1.09. The summed E-state index contributed by atoms with van der Waals surface area (Å²) >= 11 is 0. The van der Waals surface area contributed by atoms with Crippen molar-refractivity contribution in [2.45, 2.75) is 32.0 Å². The average molecular weight is 259 g/mol. The number of carbonyl (C=O) groups excluding carboxylic acids is 2. The van der Waals surface area contributed by atoms with E-state index in [9.17, 15) is 14.7 Å². The van der Waals surface area contributed by atoms with Gasteiger partial charge in [0.15, 0.2) is 0 Å². The van der Waals surface area contributed by atoms with Gasteiger partial charge in [0.25, 0.3) is 0 Å². The third-order valence-corrected chi connectivity index (χ3v) is 4.01. The Morgan fingerprint density at radius 2 is 1.33 bits per heavy atom. The maximum absolute atomic E-state index is 11.7. The van der Waals surface area contributed by atoms with Crippen LogP contribution in [0.4, 0.5) is 0 Å². The lowest BCUT2D eigenvalue weighted by Crippen LogP contribution is -2.62. The highest BCUT2D eigenvalue weighted by atomic mass is 16.5. The predicted octanol–water partition coefficient (Wildman–Crippen LogP) is -0.352. The zero-order chi connectivity index (χ0) is 14.0. The van der Waals surface area contributed by atoms with Crippen LogP contribution in [0.25, 0.3) is 0 Å². The molecule has 0 bridgehead atoms. The molecule has 1 heterocycles. The molecule has 1 unspecified atom stereocenters. The van der Waals surface area contributed by atoms with Gasteiger partial charge in [0.1, 0.15) is 0 Å². The third-order valence-electron chi connectivity index (χ3n) is 4.01. The number of esters is 2. The average Bonchev–Trinajstić information content (AvgIpc) is 2.35. The minimum atomic E-state index is -1.09. The van der Waals surface area contributed by atoms with E-state index in [0.29, 0.717) is 0 Å². The number of hydrogen-bond acceptors (Lipinski definition) is 6. The summed E-state index contributed by atoms with van der Waals surface area (Å²) in [6, 6.07) is -0.410. The van der Waals surface area contributed by atoms with Gasteiger partial charge >= 0.3 is 11.9 Å². The van der Waals surface area contributed by atoms with Crippen molar-refractivity contribution in [2.24, 2.45) is 11.8 Å². The molecule has 104 valence electrons. The highest BCUT2D eigenvalue weighted by Crippen LogP contribution is 2.33. The zero-order valence-electron chi connectivity index (χ0n) is 11.4. The second kappa shape index (κ2) is 5.67. The van der Waals surface area contributed by atoms with Gasteiger partial charge in [0, 0.05) is 12.1 Å². The van der Waals surface area contributed by atoms with Gasteiger partial charge in [-0.1, -0.05) is 0 Å². The molecule has 1 aliphatic rings. The fourth-order valence-corrected chi connectivity index (χ4v) is 2.62. The number of hydrogen-bond donors (Lipinski definition) is 1. The van der Waals surface area contributed by atoms with Gasteiger partial charge in [-0.05, 0) is 20.9 Å². The molecule has 0 aromatic rings. The molecule has 0 aliphatic carbocycles. The number of piperidine rings is 1. The molecule has 0 radical (unpaired) electrons. The normalized spacial score (nSPS) is 37.1. The topological polar surface area (TPSA) is 76.1 Å². The molecule has 5 atom stereocenters. The zero-order valence-corrected chi connectivity index (χ0v) is 11.4. The van der Waals surface area contributed by atoms with Crippen LogP contribution < -0.4 is 0 Å². The maximum Gasteiger partial charge on any atom is 0.312 e. The third kappa shape index (κ3) is 2.35. The highest BCUT2D eigenvalue weighted by Gasteiger charge is 2.50. The Labute approximate surface area is 107 Å². The summed E-state index contributed by atoms with van der Waals surface area (Å²) in [5.74, 6) is -2.52. The molecule has 0 aromatic heterocycles. The summed E-state index contributed by atoms with van der Waals surface area (Å²) in [4.78, 5) is 25.4. The van der Waals surface area contributed by atoms with Gasteiger partial charge in [-0.2, -0.15) is 0 Å². The van der Waals surface area contributed by atoms with E-state index in [0.717, 1.165) is 0 Å². The number of carbonyl (C=O) groups is 2. The first-order valence-corrected chi connectivity index (χ1v) is 5.92. The molecule has 6 heteroatoms. The number of likely N-dealkylation sites (tertiary alicyclic amines) is 1. The van der Waals surface area contributed by atoms with Crippen LogP contribution in [0.2, 0.25) is 0 Å². The van der Waals surface area contributed by atoms with Crippen molar-refractivity contribution in [3.05, 3.63) is 0 Å². The Bertz CT molecular complexity index is 302. The van der Waals surface area contributed by atoms with E-state index in [1.54, 1.807) is 0 Å². The highest BCUT2D eigenvalue weighted by molar-refractivity contribution is 5.79. The molecule has 0 amide bonds. The Kier molecular flexibility index (Phi) is 4.70. The van der Waals surface area contributed by atoms with Crippen molar-refractivity contribution in [1.82, 2.24) is 4.90 Å². The van der Waals surface area contributed by atoms with Gasteiger partial charge in [-0.3, -0.25) is 14.5 Å². The van der Waals surface area contributed by atoms with Crippen molar-refractivity contribution in [3.63, 3.8) is 0 Å². The molecule has 0 spiro atoms. The summed E-state index contributed by atoms with van der Waals surface area (Å²) in [5, 5.41) is 10.3. The minimum Gasteiger partial charge on any atom is -0.469 e. The van der Waals surface area contributed by atoms with Crippen LogP contribution in [0, 0.1) is 11.8 Å². The smallest absolute Gasteiger partial charge is 0.312 e. The second-order valence-corrected chi connectivity index (χ2v) is 4.74. The standard InChI is InChI=1S/C12H21NO5/c1-6-8(11(15)17-4)10(14)9(12(16)18-5)7(2)13(6)3/h6-10,14H,1-5H3/t6-,7+,8-,9-,10?/m1/s1. The Hall–Kier alpha value is -1.14. The molecule has 1 aliphatic heterocycles. The van der Waals surface area contributed by atoms with Crippen LogP contribution >= 0.6 is 0 Å².